The molecule has 3 heterocycles. The molecule has 0 radical (unpaired) electrons. The molecule has 41 heavy (non-hydrogen) atoms. The number of aryl methyl sites for hydroxylation is 3. The number of hydrogen-bond donors (Lipinski definition) is 1. The fourth-order valence-corrected chi connectivity index (χ4v) is 6.04. The Morgan fingerprint density at radius 2 is 1.98 bits per heavy atom. The number of aromatic nitrogens is 4. The molecule has 1 atom stereocenters. The molecule has 0 bridgehead atoms. The van der Waals surface area contributed by atoms with Crippen molar-refractivity contribution in [2.75, 3.05) is 0 Å². The van der Waals surface area contributed by atoms with Gasteiger partial charge >= 0.3 is 0 Å². The second kappa shape index (κ2) is 11.9. The molecule has 5 rings (SSSR count). The lowest BCUT2D eigenvalue weighted by atomic mass is 10.0. The number of thiazole rings is 1. The molecule has 7 nitrogen and oxygen atoms in total. The average molecular weight is 596 g/mol. The summed E-state index contributed by atoms with van der Waals surface area (Å²) in [6.45, 7) is 7.46. The fourth-order valence-electron chi connectivity index (χ4n) is 4.70. The van der Waals surface area contributed by atoms with Gasteiger partial charge in [-0.1, -0.05) is 30.7 Å². The summed E-state index contributed by atoms with van der Waals surface area (Å²) in [6, 6.07) is 9.24. The van der Waals surface area contributed by atoms with E-state index >= 15 is 0 Å². The number of nitrogens with zero attached hydrogens (tertiary/aromatic N) is 4. The molecule has 5 aromatic rings. The van der Waals surface area contributed by atoms with Crippen molar-refractivity contribution in [1.82, 2.24) is 25.1 Å². The number of nitrogens with one attached hydrogen (secondary N) is 1. The molecular weight excluding hydrogens is 568 g/mol. The van der Waals surface area contributed by atoms with Crippen molar-refractivity contribution in [3.05, 3.63) is 97.8 Å². The van der Waals surface area contributed by atoms with Gasteiger partial charge in [-0.2, -0.15) is 5.10 Å². The van der Waals surface area contributed by atoms with Gasteiger partial charge in [0.1, 0.15) is 28.6 Å². The summed E-state index contributed by atoms with van der Waals surface area (Å²) in [4.78, 5) is 22.8. The van der Waals surface area contributed by atoms with Crippen molar-refractivity contribution in [3.63, 3.8) is 0 Å². The molecule has 0 unspecified atom stereocenters. The van der Waals surface area contributed by atoms with E-state index in [9.17, 15) is 13.6 Å². The van der Waals surface area contributed by atoms with Crippen LogP contribution in [0.1, 0.15) is 63.5 Å². The number of amides is 1. The van der Waals surface area contributed by atoms with E-state index in [-0.39, 0.29) is 17.5 Å². The summed E-state index contributed by atoms with van der Waals surface area (Å²) >= 11 is 7.88. The number of rotatable bonds is 9. The maximum atomic E-state index is 14.5. The first-order valence-corrected chi connectivity index (χ1v) is 14.3. The highest BCUT2D eigenvalue weighted by atomic mass is 35.5. The average Bonchev–Trinajstić information content (AvgIpc) is 3.52. The predicted octanol–water partition coefficient (Wildman–Crippen LogP) is 7.45. The molecule has 0 aliphatic heterocycles. The van der Waals surface area contributed by atoms with Crippen LogP contribution in [-0.4, -0.2) is 25.7 Å². The smallest absolute Gasteiger partial charge is 0.263 e. The highest BCUT2D eigenvalue weighted by Gasteiger charge is 2.22. The maximum Gasteiger partial charge on any atom is 0.263 e. The Morgan fingerprint density at radius 1 is 1.17 bits per heavy atom. The highest BCUT2D eigenvalue weighted by molar-refractivity contribution is 7.13. The number of carbonyl (C=O) groups excluding carboxylic acids is 1. The van der Waals surface area contributed by atoms with E-state index in [4.69, 9.17) is 16.3 Å². The largest absolute Gasteiger partial charge is 0.487 e. The van der Waals surface area contributed by atoms with Crippen LogP contribution >= 0.6 is 22.9 Å². The van der Waals surface area contributed by atoms with E-state index in [0.717, 1.165) is 24.0 Å². The second-order valence-corrected chi connectivity index (χ2v) is 11.2. The van der Waals surface area contributed by atoms with E-state index in [2.05, 4.69) is 27.3 Å². The minimum atomic E-state index is -0.570. The third-order valence-electron chi connectivity index (χ3n) is 6.60. The monoisotopic (exact) mass is 595 g/mol. The van der Waals surface area contributed by atoms with Crippen LogP contribution in [0.4, 0.5) is 8.78 Å². The minimum Gasteiger partial charge on any atom is -0.487 e. The van der Waals surface area contributed by atoms with E-state index < -0.39 is 17.7 Å². The van der Waals surface area contributed by atoms with Crippen LogP contribution in [0.3, 0.4) is 0 Å². The van der Waals surface area contributed by atoms with Crippen molar-refractivity contribution >= 4 is 39.7 Å². The van der Waals surface area contributed by atoms with Gasteiger partial charge in [0.05, 0.1) is 39.8 Å². The molecule has 0 fully saturated rings. The number of fused-ring (bicyclic) bond motifs is 1. The van der Waals surface area contributed by atoms with Crippen LogP contribution in [0.15, 0.2) is 48.8 Å². The fraction of sp³-hybridized carbons (Fsp3) is 0.267. The van der Waals surface area contributed by atoms with Gasteiger partial charge < -0.3 is 10.1 Å². The molecule has 0 saturated heterocycles. The van der Waals surface area contributed by atoms with Gasteiger partial charge in [-0.05, 0) is 63.4 Å². The standard InChI is InChI=1S/C30H28ClF2N5O2S/c1-5-7-27-36-18(4)29(41-27)30(39)37-17(3)22-11-19(32)12-24(31)23(22)15-40-26-9-6-8-21-25(10-16(2)35-28(21)26)38-14-20(33)13-34-38/h6,8-14,17H,5,7,15H2,1-4H3,(H,37,39)/t17-/m0/s1. The van der Waals surface area contributed by atoms with Gasteiger partial charge in [0.15, 0.2) is 5.82 Å². The quantitative estimate of drug-likeness (QED) is 0.191. The summed E-state index contributed by atoms with van der Waals surface area (Å²) in [5, 5.41) is 8.86. The molecule has 11 heteroatoms. The van der Waals surface area contributed by atoms with Gasteiger partial charge in [0, 0.05) is 16.6 Å². The Morgan fingerprint density at radius 3 is 2.71 bits per heavy atom. The molecule has 0 saturated carbocycles. The Hall–Kier alpha value is -3.89. The molecule has 1 amide bonds. The molecular formula is C30H28ClF2N5O2S. The van der Waals surface area contributed by atoms with E-state index in [0.29, 0.717) is 49.7 Å². The van der Waals surface area contributed by atoms with Gasteiger partial charge in [0.2, 0.25) is 0 Å². The van der Waals surface area contributed by atoms with E-state index in [1.165, 1.54) is 34.3 Å². The number of pyridine rings is 1. The number of ether oxygens (including phenoxy) is 1. The lowest BCUT2D eigenvalue weighted by Crippen LogP contribution is -2.27. The minimum absolute atomic E-state index is 0.00461. The molecule has 3 aromatic heterocycles. The summed E-state index contributed by atoms with van der Waals surface area (Å²) in [6.07, 6.45) is 4.17. The van der Waals surface area contributed by atoms with Crippen LogP contribution in [-0.2, 0) is 13.0 Å². The van der Waals surface area contributed by atoms with Crippen molar-refractivity contribution in [2.24, 2.45) is 0 Å². The number of benzene rings is 2. The Kier molecular flexibility index (Phi) is 8.32. The highest BCUT2D eigenvalue weighted by Crippen LogP contribution is 2.33. The molecule has 212 valence electrons. The summed E-state index contributed by atoms with van der Waals surface area (Å²) in [5.74, 6) is -0.788. The normalized spacial score (nSPS) is 12.1. The van der Waals surface area contributed by atoms with Crippen LogP contribution in [0.2, 0.25) is 5.02 Å². The predicted molar refractivity (Wildman–Crippen MR) is 156 cm³/mol. The summed E-state index contributed by atoms with van der Waals surface area (Å²) in [7, 11) is 0. The van der Waals surface area contributed by atoms with Gasteiger partial charge in [-0.25, -0.2) is 23.4 Å². The van der Waals surface area contributed by atoms with Gasteiger partial charge in [-0.3, -0.25) is 4.79 Å². The third kappa shape index (κ3) is 6.08. The second-order valence-electron chi connectivity index (χ2n) is 9.75. The summed E-state index contributed by atoms with van der Waals surface area (Å²) in [5.41, 5.74) is 3.60. The zero-order valence-corrected chi connectivity index (χ0v) is 24.5. The molecule has 0 aliphatic rings. The molecule has 0 spiro atoms. The van der Waals surface area contributed by atoms with Crippen LogP contribution < -0.4 is 10.1 Å². The number of hydrogen-bond acceptors (Lipinski definition) is 6. The molecule has 1 N–H and O–H groups in total. The van der Waals surface area contributed by atoms with Gasteiger partial charge in [0.25, 0.3) is 5.91 Å². The van der Waals surface area contributed by atoms with E-state index in [1.54, 1.807) is 19.1 Å². The van der Waals surface area contributed by atoms with Crippen molar-refractivity contribution in [1.29, 1.82) is 0 Å². The van der Waals surface area contributed by atoms with Crippen molar-refractivity contribution in [2.45, 2.75) is 53.2 Å². The van der Waals surface area contributed by atoms with Crippen LogP contribution in [0.25, 0.3) is 16.6 Å². The van der Waals surface area contributed by atoms with Crippen LogP contribution in [0, 0.1) is 25.5 Å². The summed E-state index contributed by atoms with van der Waals surface area (Å²) < 4.78 is 35.9. The van der Waals surface area contributed by atoms with Crippen LogP contribution in [0.5, 0.6) is 5.75 Å². The molecule has 2 aromatic carbocycles. The lowest BCUT2D eigenvalue weighted by molar-refractivity contribution is 0.0942. The number of carbonyl (C=O) groups is 1. The number of halogens is 3. The first-order chi connectivity index (χ1) is 19.6. The van der Waals surface area contributed by atoms with Gasteiger partial charge in [-0.15, -0.1) is 11.3 Å². The maximum absolute atomic E-state index is 14.5. The Labute approximate surface area is 245 Å². The third-order valence-corrected chi connectivity index (χ3v) is 8.15. The van der Waals surface area contributed by atoms with Crippen molar-refractivity contribution < 1.29 is 18.3 Å². The topological polar surface area (TPSA) is 81.9 Å². The number of para-hydroxylation sites is 1. The zero-order chi connectivity index (χ0) is 29.3. The first kappa shape index (κ1) is 28.6. The SMILES string of the molecule is CCCc1nc(C)c(C(=O)N[C@@H](C)c2cc(F)cc(Cl)c2COc2cccc3c(-n4cc(F)cn4)cc(C)nc23)s1. The zero-order valence-electron chi connectivity index (χ0n) is 23.0. The van der Waals surface area contributed by atoms with E-state index in [1.807, 2.05) is 26.0 Å². The van der Waals surface area contributed by atoms with Crippen molar-refractivity contribution in [3.8, 4) is 11.4 Å². The Balaban J connectivity index is 1.43. The molecule has 0 aliphatic carbocycles. The lowest BCUT2D eigenvalue weighted by Gasteiger charge is -2.20. The first-order valence-electron chi connectivity index (χ1n) is 13.1. The Bertz CT molecular complexity index is 1750.